The number of benzene rings is 2. The Morgan fingerprint density at radius 2 is 0.968 bits per heavy atom. The average Bonchev–Trinajstić information content (AvgIpc) is 2.78. The molecule has 0 bridgehead atoms. The van der Waals surface area contributed by atoms with Crippen LogP contribution in [0.3, 0.4) is 0 Å². The van der Waals surface area contributed by atoms with Crippen LogP contribution in [0.25, 0.3) is 0 Å². The highest BCUT2D eigenvalue weighted by Gasteiger charge is 2.18. The van der Waals surface area contributed by atoms with Crippen LogP contribution < -0.4 is 20.9 Å². The van der Waals surface area contributed by atoms with E-state index in [1.54, 1.807) is 48.5 Å². The minimum atomic E-state index is -3.70. The van der Waals surface area contributed by atoms with Gasteiger partial charge >= 0.3 is 0 Å². The molecule has 2 heterocycles. The van der Waals surface area contributed by atoms with Gasteiger partial charge in [-0.25, -0.2) is 18.4 Å². The molecule has 2 aromatic carbocycles. The van der Waals surface area contributed by atoms with Gasteiger partial charge in [0, 0.05) is 12.1 Å². The van der Waals surface area contributed by atoms with Gasteiger partial charge in [0.15, 0.2) is 0 Å². The van der Waals surface area contributed by atoms with Crippen molar-refractivity contribution < 1.29 is 17.9 Å². The van der Waals surface area contributed by atoms with E-state index in [4.69, 9.17) is 20.9 Å². The lowest BCUT2D eigenvalue weighted by Crippen LogP contribution is -2.02. The smallest absolute Gasteiger partial charge is 0.219 e. The summed E-state index contributed by atoms with van der Waals surface area (Å²) >= 11 is 0. The highest BCUT2D eigenvalue weighted by molar-refractivity contribution is 7.91. The van der Waals surface area contributed by atoms with E-state index < -0.39 is 9.84 Å². The highest BCUT2D eigenvalue weighted by atomic mass is 32.2. The summed E-state index contributed by atoms with van der Waals surface area (Å²) in [4.78, 5) is 8.37. The van der Waals surface area contributed by atoms with Gasteiger partial charge < -0.3 is 20.9 Å². The van der Waals surface area contributed by atoms with E-state index in [9.17, 15) is 8.42 Å². The first-order valence-electron chi connectivity index (χ1n) is 9.14. The third kappa shape index (κ3) is 4.73. The highest BCUT2D eigenvalue weighted by Crippen LogP contribution is 2.27. The fourth-order valence-corrected chi connectivity index (χ4v) is 3.92. The van der Waals surface area contributed by atoms with Crippen molar-refractivity contribution in [1.82, 2.24) is 9.97 Å². The summed E-state index contributed by atoms with van der Waals surface area (Å²) < 4.78 is 37.0. The van der Waals surface area contributed by atoms with Crippen molar-refractivity contribution in [2.24, 2.45) is 0 Å². The Morgan fingerprint density at radius 1 is 0.581 bits per heavy atom. The number of rotatable bonds is 6. The van der Waals surface area contributed by atoms with E-state index in [0.29, 0.717) is 34.6 Å². The number of sulfone groups is 1. The average molecular weight is 434 g/mol. The van der Waals surface area contributed by atoms with Crippen LogP contribution in [0.5, 0.6) is 23.3 Å². The first-order chi connectivity index (χ1) is 14.9. The summed E-state index contributed by atoms with van der Waals surface area (Å²) in [6.45, 7) is 0. The molecule has 31 heavy (non-hydrogen) atoms. The van der Waals surface area contributed by atoms with Gasteiger partial charge in [0.2, 0.25) is 21.6 Å². The lowest BCUT2D eigenvalue weighted by atomic mass is 10.3. The van der Waals surface area contributed by atoms with Crippen molar-refractivity contribution in [2.45, 2.75) is 9.79 Å². The van der Waals surface area contributed by atoms with Gasteiger partial charge in [-0.2, -0.15) is 0 Å². The van der Waals surface area contributed by atoms with E-state index in [2.05, 4.69) is 9.97 Å². The van der Waals surface area contributed by atoms with Gasteiger partial charge in [-0.1, -0.05) is 0 Å². The van der Waals surface area contributed by atoms with Crippen molar-refractivity contribution in [3.8, 4) is 23.3 Å². The lowest BCUT2D eigenvalue weighted by molar-refractivity contribution is 0.462. The largest absolute Gasteiger partial charge is 0.439 e. The molecular formula is C22H18N4O4S. The third-order valence-corrected chi connectivity index (χ3v) is 6.02. The maximum absolute atomic E-state index is 12.9. The molecule has 2 aromatic heterocycles. The number of hydrogen-bond donors (Lipinski definition) is 2. The predicted molar refractivity (Wildman–Crippen MR) is 116 cm³/mol. The number of aromatic nitrogens is 2. The summed E-state index contributed by atoms with van der Waals surface area (Å²) in [7, 11) is -3.70. The van der Waals surface area contributed by atoms with Gasteiger partial charge in [0.05, 0.1) is 33.6 Å². The molecule has 0 saturated heterocycles. The molecule has 0 amide bonds. The van der Waals surface area contributed by atoms with Gasteiger partial charge in [-0.15, -0.1) is 0 Å². The Labute approximate surface area is 179 Å². The Bertz CT molecular complexity index is 1180. The normalized spacial score (nSPS) is 11.1. The van der Waals surface area contributed by atoms with Gasteiger partial charge in [-0.3, -0.25) is 0 Å². The quantitative estimate of drug-likeness (QED) is 0.465. The van der Waals surface area contributed by atoms with E-state index in [0.717, 1.165) is 0 Å². The standard InChI is InChI=1S/C22H18N4O4S/c23-15-1-11-21(25-13-15)29-17-3-7-19(8-4-17)31(27,28)20-9-5-18(6-10-20)30-22-12-2-16(24)14-26-22/h1-14H,23-24H2. The van der Waals surface area contributed by atoms with E-state index in [1.807, 2.05) is 0 Å². The summed E-state index contributed by atoms with van der Waals surface area (Å²) in [5.41, 5.74) is 12.2. The molecule has 0 atom stereocenters. The minimum Gasteiger partial charge on any atom is -0.439 e. The second-order valence-corrected chi connectivity index (χ2v) is 8.46. The SMILES string of the molecule is Nc1ccc(Oc2ccc(S(=O)(=O)c3ccc(Oc4ccc(N)cn4)cc3)cc2)nc1. The Morgan fingerprint density at radius 3 is 1.29 bits per heavy atom. The molecular weight excluding hydrogens is 416 g/mol. The first-order valence-corrected chi connectivity index (χ1v) is 10.6. The number of ether oxygens (including phenoxy) is 2. The monoisotopic (exact) mass is 434 g/mol. The number of anilines is 2. The minimum absolute atomic E-state index is 0.138. The Balaban J connectivity index is 1.48. The lowest BCUT2D eigenvalue weighted by Gasteiger charge is -2.09. The molecule has 0 radical (unpaired) electrons. The zero-order chi connectivity index (χ0) is 21.8. The second-order valence-electron chi connectivity index (χ2n) is 6.51. The predicted octanol–water partition coefficient (Wildman–Crippen LogP) is 4.06. The molecule has 0 saturated carbocycles. The van der Waals surface area contributed by atoms with Crippen molar-refractivity contribution in [3.05, 3.63) is 85.2 Å². The van der Waals surface area contributed by atoms with Crippen molar-refractivity contribution in [2.75, 3.05) is 11.5 Å². The topological polar surface area (TPSA) is 130 Å². The fourth-order valence-electron chi connectivity index (χ4n) is 2.66. The van der Waals surface area contributed by atoms with Gasteiger partial charge in [0.25, 0.3) is 0 Å². The number of hydrogen-bond acceptors (Lipinski definition) is 8. The first kappa shape index (κ1) is 20.2. The van der Waals surface area contributed by atoms with Crippen LogP contribution in [0.4, 0.5) is 11.4 Å². The maximum atomic E-state index is 12.9. The summed E-state index contributed by atoms with van der Waals surface area (Å²) in [5.74, 6) is 1.62. The van der Waals surface area contributed by atoms with Crippen LogP contribution in [0, 0.1) is 0 Å². The molecule has 4 aromatic rings. The van der Waals surface area contributed by atoms with Crippen LogP contribution in [0.1, 0.15) is 0 Å². The molecule has 0 aliphatic heterocycles. The fraction of sp³-hybridized carbons (Fsp3) is 0. The van der Waals surface area contributed by atoms with Crippen molar-refractivity contribution >= 4 is 21.2 Å². The summed E-state index contributed by atoms with van der Waals surface area (Å²) in [6, 6.07) is 18.8. The van der Waals surface area contributed by atoms with Gasteiger partial charge in [-0.05, 0) is 60.7 Å². The third-order valence-electron chi connectivity index (χ3n) is 4.23. The molecule has 0 spiro atoms. The van der Waals surface area contributed by atoms with E-state index in [1.165, 1.54) is 36.7 Å². The molecule has 156 valence electrons. The zero-order valence-electron chi connectivity index (χ0n) is 16.2. The number of pyridine rings is 2. The molecule has 8 nitrogen and oxygen atoms in total. The van der Waals surface area contributed by atoms with Crippen molar-refractivity contribution in [1.29, 1.82) is 0 Å². The number of nitrogens with two attached hydrogens (primary N) is 2. The van der Waals surface area contributed by atoms with Crippen LogP contribution in [0.2, 0.25) is 0 Å². The zero-order valence-corrected chi connectivity index (χ0v) is 17.0. The van der Waals surface area contributed by atoms with E-state index in [-0.39, 0.29) is 9.79 Å². The molecule has 0 fully saturated rings. The molecule has 0 unspecified atom stereocenters. The molecule has 9 heteroatoms. The number of nitrogen functional groups attached to an aromatic ring is 2. The van der Waals surface area contributed by atoms with Crippen molar-refractivity contribution in [3.63, 3.8) is 0 Å². The molecule has 0 aliphatic rings. The van der Waals surface area contributed by atoms with Crippen LogP contribution in [0.15, 0.2) is 95.0 Å². The van der Waals surface area contributed by atoms with Crippen LogP contribution in [-0.4, -0.2) is 18.4 Å². The van der Waals surface area contributed by atoms with Crippen LogP contribution >= 0.6 is 0 Å². The van der Waals surface area contributed by atoms with Gasteiger partial charge in [0.1, 0.15) is 11.5 Å². The maximum Gasteiger partial charge on any atom is 0.219 e. The Hall–Kier alpha value is -4.11. The molecule has 4 rings (SSSR count). The summed E-state index contributed by atoms with van der Waals surface area (Å²) in [6.07, 6.45) is 2.95. The summed E-state index contributed by atoms with van der Waals surface area (Å²) in [5, 5.41) is 0. The van der Waals surface area contributed by atoms with E-state index >= 15 is 0 Å². The molecule has 4 N–H and O–H groups in total. The molecule has 0 aliphatic carbocycles. The second kappa shape index (κ2) is 8.33. The Kier molecular flexibility index (Phi) is 5.42. The van der Waals surface area contributed by atoms with Crippen LogP contribution in [-0.2, 0) is 9.84 Å². The number of nitrogens with zero attached hydrogens (tertiary/aromatic N) is 2.